The number of hydrogen-bond donors (Lipinski definition) is 1. The first-order valence-corrected chi connectivity index (χ1v) is 18.0. The average Bonchev–Trinajstić information content (AvgIpc) is 2.80. The molecule has 3 fully saturated rings. The lowest BCUT2D eigenvalue weighted by Crippen LogP contribution is -2.58. The van der Waals surface area contributed by atoms with Crippen LogP contribution in [0, 0.1) is 52.3 Å². The molecule has 0 heterocycles. The smallest absolute Gasteiger partial charge is 0.192 e. The summed E-state index contributed by atoms with van der Waals surface area (Å²) in [5, 5.41) is 11.9. The summed E-state index contributed by atoms with van der Waals surface area (Å²) in [6, 6.07) is 0. The van der Waals surface area contributed by atoms with Gasteiger partial charge in [0, 0.05) is 26.1 Å². The van der Waals surface area contributed by atoms with E-state index >= 15 is 0 Å². The van der Waals surface area contributed by atoms with Crippen molar-refractivity contribution in [3.63, 3.8) is 0 Å². The van der Waals surface area contributed by atoms with Crippen LogP contribution in [0.15, 0.2) is 0 Å². The lowest BCUT2D eigenvalue weighted by atomic mass is 9.44. The number of fused-ring (bicyclic) bond motifs is 3. The van der Waals surface area contributed by atoms with Crippen LogP contribution in [0.4, 0.5) is 0 Å². The van der Waals surface area contributed by atoms with E-state index in [1.165, 1.54) is 25.7 Å². The molecule has 0 radical (unpaired) electrons. The Kier molecular flexibility index (Phi) is 10.1. The number of aliphatic hydroxyl groups is 1. The molecule has 0 aliphatic heterocycles. The highest BCUT2D eigenvalue weighted by Crippen LogP contribution is 2.64. The predicted octanol–water partition coefficient (Wildman–Crippen LogP) is 7.66. The van der Waals surface area contributed by atoms with Crippen molar-refractivity contribution in [2.75, 3.05) is 20.5 Å². The number of methoxy groups -OCH3 is 1. The molecule has 3 aliphatic carbocycles. The Morgan fingerprint density at radius 3 is 2.38 bits per heavy atom. The van der Waals surface area contributed by atoms with Crippen molar-refractivity contribution in [3.8, 4) is 11.8 Å². The summed E-state index contributed by atoms with van der Waals surface area (Å²) in [7, 11) is -0.178. The molecule has 1 N–H and O–H groups in total. The van der Waals surface area contributed by atoms with Crippen LogP contribution < -0.4 is 0 Å². The number of rotatable bonds is 8. The molecule has 3 aliphatic rings. The molecule has 37 heavy (non-hydrogen) atoms. The summed E-state index contributed by atoms with van der Waals surface area (Å²) < 4.78 is 18.1. The van der Waals surface area contributed by atoms with Gasteiger partial charge in [0.25, 0.3) is 0 Å². The highest BCUT2D eigenvalue weighted by atomic mass is 28.4. The van der Waals surface area contributed by atoms with Crippen molar-refractivity contribution in [2.24, 2.45) is 40.4 Å². The van der Waals surface area contributed by atoms with E-state index in [0.717, 1.165) is 32.3 Å². The molecule has 0 aromatic heterocycles. The Balaban J connectivity index is 1.86. The van der Waals surface area contributed by atoms with E-state index in [9.17, 15) is 5.11 Å². The van der Waals surface area contributed by atoms with Crippen molar-refractivity contribution >= 4 is 8.32 Å². The van der Waals surface area contributed by atoms with Crippen LogP contribution in [-0.2, 0) is 13.9 Å². The van der Waals surface area contributed by atoms with Gasteiger partial charge in [-0.15, -0.1) is 5.92 Å². The van der Waals surface area contributed by atoms with Gasteiger partial charge in [0.2, 0.25) is 0 Å². The van der Waals surface area contributed by atoms with Gasteiger partial charge in [-0.2, -0.15) is 0 Å². The van der Waals surface area contributed by atoms with Gasteiger partial charge in [0.1, 0.15) is 12.9 Å². The lowest BCUT2D eigenvalue weighted by Gasteiger charge is -2.62. The molecule has 3 saturated carbocycles. The van der Waals surface area contributed by atoms with Crippen molar-refractivity contribution in [2.45, 2.75) is 130 Å². The second-order valence-electron chi connectivity index (χ2n) is 15.2. The molecule has 3 rings (SSSR count). The minimum absolute atomic E-state index is 0.0510. The Morgan fingerprint density at radius 1 is 1.05 bits per heavy atom. The van der Waals surface area contributed by atoms with Crippen LogP contribution in [0.5, 0.6) is 0 Å². The third-order valence-electron chi connectivity index (χ3n) is 11.1. The van der Waals surface area contributed by atoms with E-state index in [1.54, 1.807) is 7.11 Å². The Labute approximate surface area is 230 Å². The maximum atomic E-state index is 11.7. The summed E-state index contributed by atoms with van der Waals surface area (Å²) in [5.74, 6) is 9.21. The normalized spacial score (nSPS) is 37.4. The summed E-state index contributed by atoms with van der Waals surface area (Å²) in [6.45, 7) is 22.2. The Hall–Kier alpha value is -0.383. The fourth-order valence-corrected chi connectivity index (χ4v) is 8.78. The number of ether oxygens (including phenoxy) is 2. The van der Waals surface area contributed by atoms with Crippen LogP contribution in [0.3, 0.4) is 0 Å². The van der Waals surface area contributed by atoms with Crippen molar-refractivity contribution < 1.29 is 19.0 Å². The summed E-state index contributed by atoms with van der Waals surface area (Å²) in [5.41, 5.74) is 0.269. The van der Waals surface area contributed by atoms with Gasteiger partial charge in [0.05, 0.1) is 6.10 Å². The maximum absolute atomic E-state index is 11.7. The molecular weight excluding hydrogens is 476 g/mol. The first-order valence-electron chi connectivity index (χ1n) is 15.1. The van der Waals surface area contributed by atoms with Gasteiger partial charge in [-0.25, -0.2) is 0 Å². The van der Waals surface area contributed by atoms with Gasteiger partial charge < -0.3 is 19.0 Å². The van der Waals surface area contributed by atoms with Crippen LogP contribution in [-0.4, -0.2) is 46.1 Å². The summed E-state index contributed by atoms with van der Waals surface area (Å²) in [6.07, 6.45) is 8.83. The zero-order valence-electron chi connectivity index (χ0n) is 25.8. The van der Waals surface area contributed by atoms with Gasteiger partial charge >= 0.3 is 0 Å². The molecule has 214 valence electrons. The SMILES string of the molecule is COCO[C@H]1CC[C@@]2(C)[C@@H](CC[C@H]3[C@@H]([C@@H](O)C#CCC(C)C)[C@@](C)(CO[Si](C)(C)C(C)(C)C)CC[C@@H]32)C1. The fourth-order valence-electron chi connectivity index (χ4n) is 7.66. The van der Waals surface area contributed by atoms with E-state index in [1.807, 2.05) is 0 Å². The van der Waals surface area contributed by atoms with E-state index in [0.29, 0.717) is 42.0 Å². The summed E-state index contributed by atoms with van der Waals surface area (Å²) >= 11 is 0. The van der Waals surface area contributed by atoms with Crippen LogP contribution >= 0.6 is 0 Å². The minimum Gasteiger partial charge on any atom is -0.416 e. The second kappa shape index (κ2) is 12.0. The Morgan fingerprint density at radius 2 is 1.76 bits per heavy atom. The molecule has 0 aromatic rings. The highest BCUT2D eigenvalue weighted by molar-refractivity contribution is 6.74. The van der Waals surface area contributed by atoms with Gasteiger partial charge in [-0.3, -0.25) is 0 Å². The van der Waals surface area contributed by atoms with Crippen LogP contribution in [0.25, 0.3) is 0 Å². The number of aliphatic hydroxyl groups excluding tert-OH is 1. The van der Waals surface area contributed by atoms with E-state index < -0.39 is 14.4 Å². The zero-order chi connectivity index (χ0) is 27.6. The first kappa shape index (κ1) is 31.1. The molecule has 0 unspecified atom stereocenters. The first-order chi connectivity index (χ1) is 17.1. The van der Waals surface area contributed by atoms with Crippen molar-refractivity contribution in [3.05, 3.63) is 0 Å². The predicted molar refractivity (Wildman–Crippen MR) is 156 cm³/mol. The molecule has 8 atom stereocenters. The second-order valence-corrected chi connectivity index (χ2v) is 20.0. The van der Waals surface area contributed by atoms with Gasteiger partial charge in [0.15, 0.2) is 8.32 Å². The fraction of sp³-hybridized carbons (Fsp3) is 0.938. The molecule has 0 amide bonds. The minimum atomic E-state index is -1.89. The average molecular weight is 535 g/mol. The molecule has 0 spiro atoms. The van der Waals surface area contributed by atoms with Crippen LogP contribution in [0.1, 0.15) is 99.8 Å². The molecule has 0 bridgehead atoms. The third kappa shape index (κ3) is 6.86. The topological polar surface area (TPSA) is 47.9 Å². The largest absolute Gasteiger partial charge is 0.416 e. The standard InChI is InChI=1S/C32H58O4Si/c1-23(2)12-11-13-28(33)29-26-15-14-24-20-25(35-22-34-8)16-19-32(24,7)27(26)17-18-31(29,6)21-36-37(9,10)30(3,4)5/h23-29,33H,12,14-22H2,1-10H3/t24-,25-,26+,27-,28-,29-,31+,32-/m0/s1. The van der Waals surface area contributed by atoms with Crippen molar-refractivity contribution in [1.82, 2.24) is 0 Å². The molecule has 5 heteroatoms. The van der Waals surface area contributed by atoms with E-state index in [4.69, 9.17) is 13.9 Å². The lowest BCUT2D eigenvalue weighted by molar-refractivity contribution is -0.167. The van der Waals surface area contributed by atoms with Crippen molar-refractivity contribution in [1.29, 1.82) is 0 Å². The van der Waals surface area contributed by atoms with Gasteiger partial charge in [-0.05, 0) is 97.6 Å². The maximum Gasteiger partial charge on any atom is 0.192 e. The third-order valence-corrected chi connectivity index (χ3v) is 15.6. The quantitative estimate of drug-likeness (QED) is 0.197. The van der Waals surface area contributed by atoms with Crippen LogP contribution in [0.2, 0.25) is 18.1 Å². The number of hydrogen-bond acceptors (Lipinski definition) is 4. The molecule has 0 saturated heterocycles. The van der Waals surface area contributed by atoms with Gasteiger partial charge in [-0.1, -0.05) is 54.4 Å². The highest BCUT2D eigenvalue weighted by Gasteiger charge is 2.59. The van der Waals surface area contributed by atoms with E-state index in [2.05, 4.69) is 73.4 Å². The zero-order valence-corrected chi connectivity index (χ0v) is 26.8. The Bertz CT molecular complexity index is 808. The molecule has 0 aromatic carbocycles. The molecular formula is C32H58O4Si. The van der Waals surface area contributed by atoms with E-state index in [-0.39, 0.29) is 16.4 Å². The monoisotopic (exact) mass is 534 g/mol. The molecule has 4 nitrogen and oxygen atoms in total. The summed E-state index contributed by atoms with van der Waals surface area (Å²) in [4.78, 5) is 0.